The number of hydrogen-bond donors (Lipinski definition) is 3. The summed E-state index contributed by atoms with van der Waals surface area (Å²) < 4.78 is 3.30. The third-order valence-corrected chi connectivity index (χ3v) is 7.04. The molecule has 12 heteroatoms. The van der Waals surface area contributed by atoms with Gasteiger partial charge in [-0.05, 0) is 44.5 Å². The molecule has 0 saturated carbocycles. The van der Waals surface area contributed by atoms with Crippen LogP contribution < -0.4 is 16.2 Å². The molecule has 1 atom stereocenters. The number of benzene rings is 1. The van der Waals surface area contributed by atoms with Gasteiger partial charge in [0.1, 0.15) is 23.3 Å². The number of aryl methyl sites for hydroxylation is 1. The molecule has 0 bridgehead atoms. The Balaban J connectivity index is 1.47. The van der Waals surface area contributed by atoms with Crippen molar-refractivity contribution in [2.45, 2.75) is 26.8 Å². The van der Waals surface area contributed by atoms with E-state index in [-0.39, 0.29) is 11.6 Å². The summed E-state index contributed by atoms with van der Waals surface area (Å²) in [6, 6.07) is 11.0. The lowest BCUT2D eigenvalue weighted by Gasteiger charge is -2.20. The highest BCUT2D eigenvalue weighted by Gasteiger charge is 2.22. The summed E-state index contributed by atoms with van der Waals surface area (Å²) in [5, 5.41) is 22.4. The van der Waals surface area contributed by atoms with Gasteiger partial charge < -0.3 is 15.6 Å². The molecular formula is C25H24N10OS. The van der Waals surface area contributed by atoms with E-state index in [0.29, 0.717) is 22.8 Å². The molecule has 11 nitrogen and oxygen atoms in total. The Morgan fingerprint density at radius 3 is 2.78 bits per heavy atom. The van der Waals surface area contributed by atoms with Crippen molar-refractivity contribution in [2.75, 3.05) is 17.2 Å². The topological polar surface area (TPSA) is 131 Å². The third kappa shape index (κ3) is 3.91. The molecule has 6 rings (SSSR count). The second-order valence-electron chi connectivity index (χ2n) is 8.58. The van der Waals surface area contributed by atoms with E-state index in [1.165, 1.54) is 17.7 Å². The van der Waals surface area contributed by atoms with Crippen molar-refractivity contribution in [2.24, 2.45) is 0 Å². The molecule has 0 fully saturated rings. The minimum atomic E-state index is -0.382. The van der Waals surface area contributed by atoms with Crippen LogP contribution in [0.5, 0.6) is 0 Å². The van der Waals surface area contributed by atoms with Crippen molar-refractivity contribution in [3.8, 4) is 16.3 Å². The molecular weight excluding hydrogens is 488 g/mol. The summed E-state index contributed by atoms with van der Waals surface area (Å²) >= 11 is 1.46. The highest BCUT2D eigenvalue weighted by molar-refractivity contribution is 7.18. The lowest BCUT2D eigenvalue weighted by Crippen LogP contribution is -2.29. The van der Waals surface area contributed by atoms with E-state index in [1.807, 2.05) is 69.6 Å². The fourth-order valence-electron chi connectivity index (χ4n) is 4.40. The van der Waals surface area contributed by atoms with Gasteiger partial charge in [0, 0.05) is 24.5 Å². The average Bonchev–Trinajstić information content (AvgIpc) is 3.64. The first-order valence-electron chi connectivity index (χ1n) is 11.9. The molecule has 0 aliphatic heterocycles. The molecule has 37 heavy (non-hydrogen) atoms. The fraction of sp³-hybridized carbons (Fsp3) is 0.200. The molecule has 186 valence electrons. The summed E-state index contributed by atoms with van der Waals surface area (Å²) in [7, 11) is 0. The normalized spacial score (nSPS) is 12.3. The van der Waals surface area contributed by atoms with Crippen molar-refractivity contribution in [1.82, 2.24) is 39.3 Å². The van der Waals surface area contributed by atoms with Gasteiger partial charge in [-0.2, -0.15) is 5.10 Å². The Morgan fingerprint density at radius 1 is 1.14 bits per heavy atom. The molecule has 0 unspecified atom stereocenters. The van der Waals surface area contributed by atoms with Crippen molar-refractivity contribution < 1.29 is 0 Å². The number of aromatic amines is 1. The molecule has 0 radical (unpaired) electrons. The molecule has 0 aliphatic carbocycles. The zero-order valence-electron chi connectivity index (χ0n) is 20.4. The molecule has 5 heterocycles. The van der Waals surface area contributed by atoms with Crippen LogP contribution in [0.15, 0.2) is 59.9 Å². The molecule has 1 aromatic carbocycles. The summed E-state index contributed by atoms with van der Waals surface area (Å²) in [5.74, 6) is 1.15. The first-order chi connectivity index (χ1) is 18.0. The van der Waals surface area contributed by atoms with E-state index >= 15 is 0 Å². The Labute approximate surface area is 215 Å². The van der Waals surface area contributed by atoms with Gasteiger partial charge in [0.2, 0.25) is 5.13 Å². The van der Waals surface area contributed by atoms with E-state index in [0.717, 1.165) is 38.9 Å². The van der Waals surface area contributed by atoms with Gasteiger partial charge in [0.15, 0.2) is 10.8 Å². The summed E-state index contributed by atoms with van der Waals surface area (Å²) in [5.41, 5.74) is 3.54. The number of aromatic nitrogens is 8. The number of hydrogen-bond acceptors (Lipinski definition) is 9. The van der Waals surface area contributed by atoms with E-state index in [1.54, 1.807) is 9.08 Å². The highest BCUT2D eigenvalue weighted by atomic mass is 32.1. The summed E-state index contributed by atoms with van der Waals surface area (Å²) in [6.07, 6.45) is 5.17. The van der Waals surface area contributed by atoms with Crippen molar-refractivity contribution >= 4 is 38.8 Å². The number of H-pyrrole nitrogens is 1. The number of nitrogens with zero attached hydrogens (tertiary/aromatic N) is 7. The van der Waals surface area contributed by atoms with Gasteiger partial charge in [0.05, 0.1) is 17.1 Å². The van der Waals surface area contributed by atoms with Gasteiger partial charge in [-0.1, -0.05) is 29.5 Å². The van der Waals surface area contributed by atoms with Crippen molar-refractivity contribution in [3.63, 3.8) is 0 Å². The monoisotopic (exact) mass is 512 g/mol. The molecule has 6 aromatic rings. The fourth-order valence-corrected chi connectivity index (χ4v) is 5.24. The lowest BCUT2D eigenvalue weighted by molar-refractivity contribution is 0.673. The maximum Gasteiger partial charge on any atom is 0.282 e. The standard InChI is InChI=1S/C25H24N10OS/c1-4-26-25-32-31-23(37-25)17-12-27-20-18(17)21(29-13-28-20)30-15(3)22-33-34-11-10-14(2)19(34)24(36)35(22)16-8-6-5-7-9-16/h5-13,15H,4H2,1-3H3,(H,26,32)(H2,27,28,29,30)/t15-/m0/s1. The van der Waals surface area contributed by atoms with Crippen molar-refractivity contribution in [1.29, 1.82) is 0 Å². The van der Waals surface area contributed by atoms with Crippen molar-refractivity contribution in [3.05, 3.63) is 76.9 Å². The van der Waals surface area contributed by atoms with Crippen LogP contribution in [-0.2, 0) is 0 Å². The number of nitrogens with one attached hydrogen (secondary N) is 3. The Hall–Kier alpha value is -4.58. The second-order valence-corrected chi connectivity index (χ2v) is 9.56. The van der Waals surface area contributed by atoms with Crippen LogP contribution in [0, 0.1) is 6.92 Å². The van der Waals surface area contributed by atoms with E-state index in [9.17, 15) is 4.79 Å². The molecule has 0 aliphatic rings. The smallest absolute Gasteiger partial charge is 0.282 e. The van der Waals surface area contributed by atoms with Crippen LogP contribution >= 0.6 is 11.3 Å². The van der Waals surface area contributed by atoms with E-state index in [2.05, 4.69) is 35.8 Å². The third-order valence-electron chi connectivity index (χ3n) is 6.12. The van der Waals surface area contributed by atoms with E-state index in [4.69, 9.17) is 5.10 Å². The highest BCUT2D eigenvalue weighted by Crippen LogP contribution is 2.35. The molecule has 3 N–H and O–H groups in total. The van der Waals surface area contributed by atoms with Crippen LogP contribution in [0.3, 0.4) is 0 Å². The predicted molar refractivity (Wildman–Crippen MR) is 145 cm³/mol. The molecule has 0 spiro atoms. The first-order valence-corrected chi connectivity index (χ1v) is 12.7. The summed E-state index contributed by atoms with van der Waals surface area (Å²) in [4.78, 5) is 25.8. The predicted octanol–water partition coefficient (Wildman–Crippen LogP) is 4.19. The summed E-state index contributed by atoms with van der Waals surface area (Å²) in [6.45, 7) is 6.64. The number of rotatable bonds is 7. The first kappa shape index (κ1) is 22.9. The molecule has 0 saturated heterocycles. The zero-order chi connectivity index (χ0) is 25.5. The minimum absolute atomic E-state index is 0.132. The second kappa shape index (κ2) is 9.13. The molecule has 0 amide bonds. The quantitative estimate of drug-likeness (QED) is 0.290. The van der Waals surface area contributed by atoms with Gasteiger partial charge >= 0.3 is 0 Å². The largest absolute Gasteiger partial charge is 0.360 e. The number of fused-ring (bicyclic) bond motifs is 2. The maximum atomic E-state index is 13.7. The number of para-hydroxylation sites is 1. The Kier molecular flexibility index (Phi) is 5.64. The van der Waals surface area contributed by atoms with Gasteiger partial charge in [-0.25, -0.2) is 14.5 Å². The minimum Gasteiger partial charge on any atom is -0.360 e. The van der Waals surface area contributed by atoms with Crippen LogP contribution in [0.1, 0.15) is 31.3 Å². The van der Waals surface area contributed by atoms with E-state index < -0.39 is 0 Å². The van der Waals surface area contributed by atoms with Crippen LogP contribution in [-0.4, -0.2) is 45.9 Å². The number of anilines is 2. The van der Waals surface area contributed by atoms with Crippen LogP contribution in [0.2, 0.25) is 0 Å². The maximum absolute atomic E-state index is 13.7. The average molecular weight is 513 g/mol. The van der Waals surface area contributed by atoms with Gasteiger partial charge in [-0.3, -0.25) is 9.36 Å². The SMILES string of the molecule is CCNc1nnc(-c2c[nH]c3ncnc(N[C@@H](C)c4nn5ccc(C)c5c(=O)n4-c4ccccc4)c23)s1. The zero-order valence-corrected chi connectivity index (χ0v) is 21.2. The van der Waals surface area contributed by atoms with Gasteiger partial charge in [-0.15, -0.1) is 10.2 Å². The van der Waals surface area contributed by atoms with Crippen LogP contribution in [0.4, 0.5) is 10.9 Å². The lowest BCUT2D eigenvalue weighted by atomic mass is 10.2. The molecule has 5 aromatic heterocycles. The Bertz CT molecular complexity index is 1780. The van der Waals surface area contributed by atoms with Gasteiger partial charge in [0.25, 0.3) is 5.56 Å². The van der Waals surface area contributed by atoms with Crippen LogP contribution in [0.25, 0.3) is 32.8 Å². The Morgan fingerprint density at radius 2 is 1.97 bits per heavy atom.